The van der Waals surface area contributed by atoms with E-state index in [9.17, 15) is 9.90 Å². The number of carbonyl (C=O) groups excluding carboxylic acids is 1. The molecular formula is C19H30N4O2. The molecule has 25 heavy (non-hydrogen) atoms. The maximum absolute atomic E-state index is 12.9. The van der Waals surface area contributed by atoms with Crippen LogP contribution in [-0.4, -0.2) is 38.4 Å². The topological polar surface area (TPSA) is 80.0 Å². The van der Waals surface area contributed by atoms with Crippen LogP contribution in [0.5, 0.6) is 0 Å². The van der Waals surface area contributed by atoms with Gasteiger partial charge in [-0.1, -0.05) is 27.7 Å². The molecule has 2 aromatic heterocycles. The number of hydrogen-bond acceptors (Lipinski definition) is 4. The Labute approximate surface area is 149 Å². The van der Waals surface area contributed by atoms with Crippen LogP contribution in [0.3, 0.4) is 0 Å². The second-order valence-electron chi connectivity index (χ2n) is 7.51. The number of carbonyl (C=O) groups is 1. The summed E-state index contributed by atoms with van der Waals surface area (Å²) in [4.78, 5) is 17.7. The van der Waals surface area contributed by atoms with Gasteiger partial charge in [-0.25, -0.2) is 9.67 Å². The van der Waals surface area contributed by atoms with Crippen molar-refractivity contribution in [2.24, 2.45) is 5.92 Å². The van der Waals surface area contributed by atoms with Crippen LogP contribution in [0.1, 0.15) is 76.0 Å². The predicted octanol–water partition coefficient (Wildman–Crippen LogP) is 3.27. The van der Waals surface area contributed by atoms with E-state index >= 15 is 0 Å². The molecule has 0 aliphatic rings. The number of nitrogens with one attached hydrogen (secondary N) is 1. The van der Waals surface area contributed by atoms with Gasteiger partial charge < -0.3 is 10.4 Å². The van der Waals surface area contributed by atoms with Crippen molar-refractivity contribution in [3.05, 3.63) is 23.5 Å². The Hall–Kier alpha value is -1.95. The smallest absolute Gasteiger partial charge is 0.252 e. The summed E-state index contributed by atoms with van der Waals surface area (Å²) >= 11 is 0. The number of hydrogen-bond donors (Lipinski definition) is 2. The van der Waals surface area contributed by atoms with E-state index in [1.54, 1.807) is 6.20 Å². The third-order valence-electron chi connectivity index (χ3n) is 4.47. The number of fused-ring (bicyclic) bond motifs is 1. The normalized spacial score (nSPS) is 13.2. The van der Waals surface area contributed by atoms with Crippen molar-refractivity contribution >= 4 is 16.9 Å². The molecule has 0 aliphatic heterocycles. The average Bonchev–Trinajstić information content (AvgIpc) is 2.97. The van der Waals surface area contributed by atoms with Crippen LogP contribution < -0.4 is 5.32 Å². The van der Waals surface area contributed by atoms with Gasteiger partial charge >= 0.3 is 0 Å². The molecule has 2 N–H and O–H groups in total. The van der Waals surface area contributed by atoms with Crippen LogP contribution >= 0.6 is 0 Å². The summed E-state index contributed by atoms with van der Waals surface area (Å²) in [7, 11) is 0. The molecule has 0 radical (unpaired) electrons. The fourth-order valence-electron chi connectivity index (χ4n) is 2.86. The van der Waals surface area contributed by atoms with E-state index < -0.39 is 0 Å². The zero-order valence-electron chi connectivity index (χ0n) is 16.1. The SMILES string of the molecule is CC(C)c1cc(C(=O)NC(CCO)C(C)C)c2cnn(C(C)C)c2n1. The maximum Gasteiger partial charge on any atom is 0.252 e. The summed E-state index contributed by atoms with van der Waals surface area (Å²) in [5, 5.41) is 17.5. The number of pyridine rings is 1. The average molecular weight is 346 g/mol. The molecule has 138 valence electrons. The molecule has 6 nitrogen and oxygen atoms in total. The second-order valence-corrected chi connectivity index (χ2v) is 7.51. The Balaban J connectivity index is 2.50. The Morgan fingerprint density at radius 2 is 1.92 bits per heavy atom. The molecule has 0 saturated heterocycles. The number of aliphatic hydroxyl groups excluding tert-OH is 1. The number of rotatable bonds is 7. The molecule has 0 saturated carbocycles. The van der Waals surface area contributed by atoms with Crippen LogP contribution in [0.25, 0.3) is 11.0 Å². The van der Waals surface area contributed by atoms with E-state index in [1.165, 1.54) is 0 Å². The Morgan fingerprint density at radius 3 is 2.44 bits per heavy atom. The molecule has 2 heterocycles. The van der Waals surface area contributed by atoms with Crippen LogP contribution in [0.15, 0.2) is 12.3 Å². The third kappa shape index (κ3) is 4.18. The highest BCUT2D eigenvalue weighted by molar-refractivity contribution is 6.05. The molecular weight excluding hydrogens is 316 g/mol. The molecule has 0 aromatic carbocycles. The van der Waals surface area contributed by atoms with Crippen LogP contribution in [-0.2, 0) is 0 Å². The molecule has 2 aromatic rings. The summed E-state index contributed by atoms with van der Waals surface area (Å²) in [6, 6.07) is 1.97. The first-order valence-corrected chi connectivity index (χ1v) is 9.06. The first kappa shape index (κ1) is 19.4. The van der Waals surface area contributed by atoms with Gasteiger partial charge in [-0.15, -0.1) is 0 Å². The zero-order chi connectivity index (χ0) is 18.7. The van der Waals surface area contributed by atoms with Gasteiger partial charge in [-0.3, -0.25) is 4.79 Å². The molecule has 6 heteroatoms. The lowest BCUT2D eigenvalue weighted by atomic mass is 10.00. The fraction of sp³-hybridized carbons (Fsp3) is 0.632. The van der Waals surface area contributed by atoms with Crippen molar-refractivity contribution in [3.63, 3.8) is 0 Å². The molecule has 0 fully saturated rings. The number of amides is 1. The zero-order valence-corrected chi connectivity index (χ0v) is 16.1. The fourth-order valence-corrected chi connectivity index (χ4v) is 2.86. The van der Waals surface area contributed by atoms with Gasteiger partial charge in [0.1, 0.15) is 0 Å². The van der Waals surface area contributed by atoms with E-state index in [-0.39, 0.29) is 36.4 Å². The lowest BCUT2D eigenvalue weighted by molar-refractivity contribution is 0.0918. The predicted molar refractivity (Wildman–Crippen MR) is 99.8 cm³/mol. The van der Waals surface area contributed by atoms with Gasteiger partial charge in [0, 0.05) is 24.4 Å². The van der Waals surface area contributed by atoms with Gasteiger partial charge in [0.25, 0.3) is 5.91 Å². The number of aliphatic hydroxyl groups is 1. The standard InChI is InChI=1S/C19H30N4O2/c1-11(2)16(7-8-24)22-19(25)14-9-17(12(3)4)21-18-15(14)10-20-23(18)13(5)6/h9-13,16,24H,7-8H2,1-6H3,(H,22,25). The lowest BCUT2D eigenvalue weighted by Crippen LogP contribution is -2.39. The quantitative estimate of drug-likeness (QED) is 0.806. The van der Waals surface area contributed by atoms with Gasteiger partial charge in [0.15, 0.2) is 5.65 Å². The number of aromatic nitrogens is 3. The van der Waals surface area contributed by atoms with Crippen molar-refractivity contribution in [1.82, 2.24) is 20.1 Å². The molecule has 0 bridgehead atoms. The van der Waals surface area contributed by atoms with Crippen molar-refractivity contribution in [2.45, 2.75) is 66.0 Å². The van der Waals surface area contributed by atoms with E-state index in [0.717, 1.165) is 16.7 Å². The Bertz CT molecular complexity index is 734. The Kier molecular flexibility index (Phi) is 6.16. The summed E-state index contributed by atoms with van der Waals surface area (Å²) in [5.74, 6) is 0.325. The first-order valence-electron chi connectivity index (χ1n) is 9.06. The van der Waals surface area contributed by atoms with E-state index in [2.05, 4.69) is 24.3 Å². The summed E-state index contributed by atoms with van der Waals surface area (Å²) in [5.41, 5.74) is 2.22. The van der Waals surface area contributed by atoms with Crippen molar-refractivity contribution < 1.29 is 9.90 Å². The van der Waals surface area contributed by atoms with Gasteiger partial charge in [0.05, 0.1) is 17.1 Å². The summed E-state index contributed by atoms with van der Waals surface area (Å²) in [6.45, 7) is 12.4. The van der Waals surface area contributed by atoms with Crippen LogP contribution in [0, 0.1) is 5.92 Å². The number of nitrogens with zero attached hydrogens (tertiary/aromatic N) is 3. The monoisotopic (exact) mass is 346 g/mol. The van der Waals surface area contributed by atoms with Crippen molar-refractivity contribution in [1.29, 1.82) is 0 Å². The minimum atomic E-state index is -0.134. The second kappa shape index (κ2) is 7.95. The minimum Gasteiger partial charge on any atom is -0.396 e. The molecule has 1 unspecified atom stereocenters. The van der Waals surface area contributed by atoms with Gasteiger partial charge in [-0.05, 0) is 38.2 Å². The van der Waals surface area contributed by atoms with Gasteiger partial charge in [0.2, 0.25) is 0 Å². The molecule has 0 spiro atoms. The summed E-state index contributed by atoms with van der Waals surface area (Å²) in [6.07, 6.45) is 2.26. The highest BCUT2D eigenvalue weighted by Gasteiger charge is 2.22. The summed E-state index contributed by atoms with van der Waals surface area (Å²) < 4.78 is 1.85. The highest BCUT2D eigenvalue weighted by Crippen LogP contribution is 2.24. The molecule has 2 rings (SSSR count). The third-order valence-corrected chi connectivity index (χ3v) is 4.47. The van der Waals surface area contributed by atoms with Crippen LogP contribution in [0.4, 0.5) is 0 Å². The van der Waals surface area contributed by atoms with Crippen LogP contribution in [0.2, 0.25) is 0 Å². The first-order chi connectivity index (χ1) is 11.8. The lowest BCUT2D eigenvalue weighted by Gasteiger charge is -2.22. The largest absolute Gasteiger partial charge is 0.396 e. The maximum atomic E-state index is 12.9. The molecule has 0 aliphatic carbocycles. The van der Waals surface area contributed by atoms with E-state index in [0.29, 0.717) is 12.0 Å². The van der Waals surface area contributed by atoms with E-state index in [1.807, 2.05) is 38.4 Å². The van der Waals surface area contributed by atoms with Crippen molar-refractivity contribution in [3.8, 4) is 0 Å². The van der Waals surface area contributed by atoms with E-state index in [4.69, 9.17) is 4.98 Å². The highest BCUT2D eigenvalue weighted by atomic mass is 16.3. The van der Waals surface area contributed by atoms with Crippen molar-refractivity contribution in [2.75, 3.05) is 6.61 Å². The molecule has 1 amide bonds. The van der Waals surface area contributed by atoms with Gasteiger partial charge in [-0.2, -0.15) is 5.10 Å². The minimum absolute atomic E-state index is 0.0530. The molecule has 1 atom stereocenters. The Morgan fingerprint density at radius 1 is 1.24 bits per heavy atom.